The Labute approximate surface area is 172 Å². The van der Waals surface area contributed by atoms with Crippen LogP contribution in [0.1, 0.15) is 30.4 Å². The monoisotopic (exact) mass is 444 g/mol. The topological polar surface area (TPSA) is 98.7 Å². The first-order valence-corrected chi connectivity index (χ1v) is 10.8. The number of hydrogen-bond acceptors (Lipinski definition) is 5. The largest absolute Gasteiger partial charge is 0.394 e. The number of halogens is 3. The van der Waals surface area contributed by atoms with Gasteiger partial charge in [0.2, 0.25) is 10.0 Å². The number of aliphatic hydroxyl groups is 2. The number of anilines is 2. The molecule has 0 aliphatic heterocycles. The zero-order valence-electron chi connectivity index (χ0n) is 16.3. The standard InChI is InChI=1S/C20H23F3N2O4S/c1-12-2-4-18(16(22)8-12)24-10-14-17(5-3-15(21)19(14)23)25-30(28,29)20(6-7-20)9-13(27)11-26/h2-5,8,13,24-27H,6-7,9-11H2,1H3/t13-/m1/s1. The van der Waals surface area contributed by atoms with Crippen LogP contribution in [0.2, 0.25) is 0 Å². The predicted molar refractivity (Wildman–Crippen MR) is 107 cm³/mol. The Hall–Kier alpha value is -2.30. The molecule has 0 aromatic heterocycles. The summed E-state index contributed by atoms with van der Waals surface area (Å²) in [6, 6.07) is 6.25. The molecular weight excluding hydrogens is 421 g/mol. The maximum atomic E-state index is 14.5. The summed E-state index contributed by atoms with van der Waals surface area (Å²) < 4.78 is 69.0. The van der Waals surface area contributed by atoms with Gasteiger partial charge < -0.3 is 15.5 Å². The van der Waals surface area contributed by atoms with E-state index in [2.05, 4.69) is 10.0 Å². The third kappa shape index (κ3) is 4.55. The molecule has 1 aliphatic carbocycles. The van der Waals surface area contributed by atoms with Crippen LogP contribution in [0.5, 0.6) is 0 Å². The van der Waals surface area contributed by atoms with Crippen molar-refractivity contribution in [1.29, 1.82) is 0 Å². The van der Waals surface area contributed by atoms with E-state index in [0.29, 0.717) is 5.56 Å². The molecule has 30 heavy (non-hydrogen) atoms. The van der Waals surface area contributed by atoms with Gasteiger partial charge in [0.25, 0.3) is 0 Å². The Morgan fingerprint density at radius 2 is 1.77 bits per heavy atom. The van der Waals surface area contributed by atoms with Crippen molar-refractivity contribution in [1.82, 2.24) is 0 Å². The molecule has 0 heterocycles. The van der Waals surface area contributed by atoms with E-state index in [-0.39, 0.29) is 42.7 Å². The highest BCUT2D eigenvalue weighted by Crippen LogP contribution is 2.48. The van der Waals surface area contributed by atoms with Crippen LogP contribution >= 0.6 is 0 Å². The fraction of sp³-hybridized carbons (Fsp3) is 0.400. The molecule has 3 rings (SSSR count). The average molecular weight is 444 g/mol. The zero-order valence-corrected chi connectivity index (χ0v) is 17.1. The van der Waals surface area contributed by atoms with Gasteiger partial charge >= 0.3 is 0 Å². The lowest BCUT2D eigenvalue weighted by atomic mass is 10.1. The predicted octanol–water partition coefficient (Wildman–Crippen LogP) is 3.04. The van der Waals surface area contributed by atoms with Crippen LogP contribution in [-0.2, 0) is 16.6 Å². The van der Waals surface area contributed by atoms with E-state index >= 15 is 0 Å². The van der Waals surface area contributed by atoms with E-state index in [9.17, 15) is 26.7 Å². The molecule has 2 aromatic rings. The number of aryl methyl sites for hydroxylation is 1. The van der Waals surface area contributed by atoms with Gasteiger partial charge in [-0.15, -0.1) is 0 Å². The van der Waals surface area contributed by atoms with Gasteiger partial charge in [0, 0.05) is 12.1 Å². The molecule has 1 fully saturated rings. The summed E-state index contributed by atoms with van der Waals surface area (Å²) in [5.74, 6) is -3.00. The quantitative estimate of drug-likeness (QED) is 0.477. The third-order valence-corrected chi connectivity index (χ3v) is 7.42. The number of rotatable bonds is 9. The summed E-state index contributed by atoms with van der Waals surface area (Å²) in [6.07, 6.45) is -0.846. The van der Waals surface area contributed by atoms with Gasteiger partial charge in [0.15, 0.2) is 11.6 Å². The van der Waals surface area contributed by atoms with Crippen LogP contribution in [0, 0.1) is 24.4 Å². The van der Waals surface area contributed by atoms with E-state index in [1.165, 1.54) is 12.1 Å². The van der Waals surface area contributed by atoms with Crippen molar-refractivity contribution in [2.75, 3.05) is 16.6 Å². The molecule has 10 heteroatoms. The van der Waals surface area contributed by atoms with Crippen molar-refractivity contribution < 1.29 is 31.8 Å². The van der Waals surface area contributed by atoms with E-state index in [0.717, 1.165) is 12.1 Å². The minimum Gasteiger partial charge on any atom is -0.394 e. The molecule has 0 unspecified atom stereocenters. The number of hydrogen-bond donors (Lipinski definition) is 4. The van der Waals surface area contributed by atoms with Gasteiger partial charge in [-0.2, -0.15) is 0 Å². The van der Waals surface area contributed by atoms with Crippen molar-refractivity contribution >= 4 is 21.4 Å². The van der Waals surface area contributed by atoms with Crippen LogP contribution in [0.25, 0.3) is 0 Å². The minimum absolute atomic E-state index is 0.0581. The second-order valence-corrected chi connectivity index (χ2v) is 9.63. The van der Waals surface area contributed by atoms with Crippen molar-refractivity contribution in [3.05, 3.63) is 58.9 Å². The van der Waals surface area contributed by atoms with Crippen molar-refractivity contribution in [3.8, 4) is 0 Å². The molecule has 0 radical (unpaired) electrons. The highest BCUT2D eigenvalue weighted by molar-refractivity contribution is 7.94. The highest BCUT2D eigenvalue weighted by atomic mass is 32.2. The summed E-state index contributed by atoms with van der Waals surface area (Å²) in [5.41, 5.74) is 0.252. The Kier molecular flexibility index (Phi) is 6.30. The van der Waals surface area contributed by atoms with Crippen LogP contribution in [-0.4, -0.2) is 36.1 Å². The molecule has 0 amide bonds. The van der Waals surface area contributed by atoms with Crippen LogP contribution in [0.4, 0.5) is 24.5 Å². The second-order valence-electron chi connectivity index (χ2n) is 7.55. The molecule has 0 bridgehead atoms. The summed E-state index contributed by atoms with van der Waals surface area (Å²) >= 11 is 0. The minimum atomic E-state index is -4.07. The first kappa shape index (κ1) is 22.4. The molecule has 6 nitrogen and oxygen atoms in total. The van der Waals surface area contributed by atoms with Gasteiger partial charge in [-0.25, -0.2) is 21.6 Å². The molecular formula is C20H23F3N2O4S. The molecule has 2 aromatic carbocycles. The van der Waals surface area contributed by atoms with Crippen LogP contribution in [0.15, 0.2) is 30.3 Å². The molecule has 0 spiro atoms. The first-order chi connectivity index (χ1) is 14.1. The molecule has 4 N–H and O–H groups in total. The lowest BCUT2D eigenvalue weighted by Gasteiger charge is -2.21. The SMILES string of the molecule is Cc1ccc(NCc2c(NS(=O)(=O)C3(C[C@@H](O)CO)CC3)ccc(F)c2F)c(F)c1. The van der Waals surface area contributed by atoms with Gasteiger partial charge in [-0.05, 0) is 56.0 Å². The van der Waals surface area contributed by atoms with Crippen molar-refractivity contribution in [2.24, 2.45) is 0 Å². The third-order valence-electron chi connectivity index (χ3n) is 5.22. The fourth-order valence-corrected chi connectivity index (χ4v) is 5.03. The Balaban J connectivity index is 1.86. The summed E-state index contributed by atoms with van der Waals surface area (Å²) in [6.45, 7) is 0.751. The van der Waals surface area contributed by atoms with Crippen molar-refractivity contribution in [2.45, 2.75) is 43.6 Å². The van der Waals surface area contributed by atoms with E-state index in [1.54, 1.807) is 13.0 Å². The molecule has 0 saturated heterocycles. The van der Waals surface area contributed by atoms with E-state index in [4.69, 9.17) is 5.11 Å². The molecule has 1 saturated carbocycles. The van der Waals surface area contributed by atoms with E-state index < -0.39 is 44.9 Å². The Bertz CT molecular complexity index is 1040. The molecule has 1 aliphatic rings. The number of nitrogens with one attached hydrogen (secondary N) is 2. The number of benzene rings is 2. The van der Waals surface area contributed by atoms with E-state index in [1.807, 2.05) is 0 Å². The lowest BCUT2D eigenvalue weighted by molar-refractivity contribution is 0.0858. The van der Waals surface area contributed by atoms with Gasteiger partial charge in [-0.3, -0.25) is 4.72 Å². The fourth-order valence-electron chi connectivity index (χ4n) is 3.28. The molecule has 164 valence electrons. The molecule has 1 atom stereocenters. The first-order valence-electron chi connectivity index (χ1n) is 9.37. The Morgan fingerprint density at radius 3 is 2.37 bits per heavy atom. The maximum absolute atomic E-state index is 14.5. The Morgan fingerprint density at radius 1 is 1.10 bits per heavy atom. The highest BCUT2D eigenvalue weighted by Gasteiger charge is 2.55. The smallest absolute Gasteiger partial charge is 0.238 e. The number of aliphatic hydroxyl groups excluding tert-OH is 2. The maximum Gasteiger partial charge on any atom is 0.238 e. The summed E-state index contributed by atoms with van der Waals surface area (Å²) in [7, 11) is -4.07. The normalized spacial score (nSPS) is 16.2. The zero-order chi connectivity index (χ0) is 22.1. The van der Waals surface area contributed by atoms with Gasteiger partial charge in [-0.1, -0.05) is 6.07 Å². The van der Waals surface area contributed by atoms with Gasteiger partial charge in [0.1, 0.15) is 5.82 Å². The summed E-state index contributed by atoms with van der Waals surface area (Å²) in [4.78, 5) is 0. The summed E-state index contributed by atoms with van der Waals surface area (Å²) in [5, 5.41) is 21.3. The number of sulfonamides is 1. The van der Waals surface area contributed by atoms with Crippen molar-refractivity contribution in [3.63, 3.8) is 0 Å². The van der Waals surface area contributed by atoms with Crippen LogP contribution < -0.4 is 10.0 Å². The van der Waals surface area contributed by atoms with Gasteiger partial charge in [0.05, 0.1) is 28.8 Å². The lowest BCUT2D eigenvalue weighted by Crippen LogP contribution is -2.34. The average Bonchev–Trinajstić information content (AvgIpc) is 3.47. The van der Waals surface area contributed by atoms with Crippen LogP contribution in [0.3, 0.4) is 0 Å². The second kappa shape index (κ2) is 8.44.